The Balaban J connectivity index is 1.76. The molecule has 2 saturated heterocycles. The highest BCUT2D eigenvalue weighted by Crippen LogP contribution is 2.25. The van der Waals surface area contributed by atoms with Gasteiger partial charge in [0, 0.05) is 44.8 Å². The Kier molecular flexibility index (Phi) is 9.30. The maximum absolute atomic E-state index is 12.4. The van der Waals surface area contributed by atoms with E-state index in [4.69, 9.17) is 4.74 Å². The van der Waals surface area contributed by atoms with Gasteiger partial charge in [0.15, 0.2) is 5.12 Å². The number of amides is 1. The third kappa shape index (κ3) is 7.63. The summed E-state index contributed by atoms with van der Waals surface area (Å²) < 4.78 is 4.92. The molecule has 0 aromatic rings. The molecule has 7 nitrogen and oxygen atoms in total. The van der Waals surface area contributed by atoms with E-state index in [9.17, 15) is 14.4 Å². The highest BCUT2D eigenvalue weighted by Gasteiger charge is 2.25. The van der Waals surface area contributed by atoms with Crippen LogP contribution in [-0.2, 0) is 19.1 Å². The second-order valence-corrected chi connectivity index (χ2v) is 8.25. The second-order valence-electron chi connectivity index (χ2n) is 6.87. The molecule has 2 heterocycles. The fraction of sp³-hybridized carbons (Fsp3) is 0.737. The monoisotopic (exact) mass is 397 g/mol. The number of esters is 1. The molecule has 2 fully saturated rings. The minimum Gasteiger partial charge on any atom is -0.466 e. The number of hydrogen-bond donors (Lipinski definition) is 1. The number of piperazine rings is 1. The summed E-state index contributed by atoms with van der Waals surface area (Å²) in [7, 11) is 0. The molecule has 1 N–H and O–H groups in total. The Morgan fingerprint density at radius 2 is 2.19 bits per heavy atom. The van der Waals surface area contributed by atoms with Crippen LogP contribution in [0, 0.1) is 0 Å². The highest BCUT2D eigenvalue weighted by molar-refractivity contribution is 8.14. The summed E-state index contributed by atoms with van der Waals surface area (Å²) in [6.07, 6.45) is 4.17. The third-order valence-electron chi connectivity index (χ3n) is 4.77. The van der Waals surface area contributed by atoms with Crippen LogP contribution in [0.3, 0.4) is 0 Å². The molecule has 1 atom stereocenters. The number of nitrogens with zero attached hydrogens (tertiary/aromatic N) is 2. The molecule has 2 rings (SSSR count). The Morgan fingerprint density at radius 3 is 2.89 bits per heavy atom. The molecule has 0 aromatic heterocycles. The highest BCUT2D eigenvalue weighted by atomic mass is 32.2. The zero-order valence-corrected chi connectivity index (χ0v) is 17.2. The quantitative estimate of drug-likeness (QED) is 0.484. The zero-order chi connectivity index (χ0) is 19.6. The maximum atomic E-state index is 12.4. The molecule has 152 valence electrons. The van der Waals surface area contributed by atoms with Gasteiger partial charge in [-0.3, -0.25) is 19.3 Å². The van der Waals surface area contributed by atoms with Gasteiger partial charge in [-0.05, 0) is 38.4 Å². The maximum Gasteiger partial charge on any atom is 0.305 e. The summed E-state index contributed by atoms with van der Waals surface area (Å²) in [6.45, 7) is 8.77. The average Bonchev–Trinajstić information content (AvgIpc) is 2.62. The van der Waals surface area contributed by atoms with Crippen molar-refractivity contribution < 1.29 is 19.1 Å². The predicted octanol–water partition coefficient (Wildman–Crippen LogP) is 1.04. The van der Waals surface area contributed by atoms with E-state index in [0.717, 1.165) is 32.6 Å². The van der Waals surface area contributed by atoms with Crippen molar-refractivity contribution in [1.82, 2.24) is 15.1 Å². The van der Waals surface area contributed by atoms with Crippen LogP contribution < -0.4 is 5.32 Å². The molecule has 27 heavy (non-hydrogen) atoms. The smallest absolute Gasteiger partial charge is 0.305 e. The van der Waals surface area contributed by atoms with Crippen LogP contribution in [0.2, 0.25) is 0 Å². The fourth-order valence-corrected chi connectivity index (χ4v) is 4.32. The molecule has 0 saturated carbocycles. The molecular formula is C19H31N3O4S. The molecule has 2 aliphatic heterocycles. The number of carbonyl (C=O) groups is 3. The molecule has 2 aliphatic rings. The number of carbonyl (C=O) groups excluding carboxylic acids is 3. The van der Waals surface area contributed by atoms with E-state index in [1.807, 2.05) is 4.90 Å². The topological polar surface area (TPSA) is 79.0 Å². The van der Waals surface area contributed by atoms with Gasteiger partial charge >= 0.3 is 5.97 Å². The minimum absolute atomic E-state index is 0.119. The summed E-state index contributed by atoms with van der Waals surface area (Å²) in [5.74, 6) is -0.0538. The van der Waals surface area contributed by atoms with Gasteiger partial charge in [-0.25, -0.2) is 0 Å². The van der Waals surface area contributed by atoms with Gasteiger partial charge in [-0.2, -0.15) is 0 Å². The van der Waals surface area contributed by atoms with Gasteiger partial charge in [-0.1, -0.05) is 17.8 Å². The molecule has 0 radical (unpaired) electrons. The standard InChI is InChI=1S/C19H31N3O4S/c1-3-26-19(25)5-4-9-21-11-12-22(18(24)14-21)10-7-16-13-20-8-6-17(16)27-15(2)23/h7,17,20H,3-6,8-14H2,1-2H3. The first-order chi connectivity index (χ1) is 13.0. The van der Waals surface area contributed by atoms with E-state index < -0.39 is 0 Å². The van der Waals surface area contributed by atoms with Crippen molar-refractivity contribution in [3.05, 3.63) is 11.6 Å². The van der Waals surface area contributed by atoms with Crippen LogP contribution in [0.15, 0.2) is 11.6 Å². The largest absolute Gasteiger partial charge is 0.466 e. The summed E-state index contributed by atoms with van der Waals surface area (Å²) in [4.78, 5) is 39.2. The van der Waals surface area contributed by atoms with Gasteiger partial charge in [-0.15, -0.1) is 0 Å². The van der Waals surface area contributed by atoms with E-state index in [2.05, 4.69) is 16.3 Å². The summed E-state index contributed by atoms with van der Waals surface area (Å²) >= 11 is 1.39. The molecule has 0 bridgehead atoms. The molecule has 8 heteroatoms. The second kappa shape index (κ2) is 11.5. The Labute approximate surface area is 165 Å². The van der Waals surface area contributed by atoms with E-state index in [1.165, 1.54) is 17.3 Å². The molecule has 0 spiro atoms. The first kappa shape index (κ1) is 21.9. The van der Waals surface area contributed by atoms with Crippen molar-refractivity contribution in [3.8, 4) is 0 Å². The van der Waals surface area contributed by atoms with E-state index in [1.54, 1.807) is 13.8 Å². The van der Waals surface area contributed by atoms with Gasteiger partial charge in [0.25, 0.3) is 0 Å². The van der Waals surface area contributed by atoms with Crippen molar-refractivity contribution in [3.63, 3.8) is 0 Å². The number of nitrogens with one attached hydrogen (secondary N) is 1. The lowest BCUT2D eigenvalue weighted by Crippen LogP contribution is -2.50. The van der Waals surface area contributed by atoms with Crippen molar-refractivity contribution in [1.29, 1.82) is 0 Å². The van der Waals surface area contributed by atoms with Crippen LogP contribution in [0.25, 0.3) is 0 Å². The number of thioether (sulfide) groups is 1. The summed E-state index contributed by atoms with van der Waals surface area (Å²) in [6, 6.07) is 0. The SMILES string of the molecule is CCOC(=O)CCCN1CCN(CC=C2CNCCC2SC(C)=O)C(=O)C1. The average molecular weight is 398 g/mol. The lowest BCUT2D eigenvalue weighted by molar-refractivity contribution is -0.143. The van der Waals surface area contributed by atoms with Gasteiger partial charge < -0.3 is 15.0 Å². The predicted molar refractivity (Wildman–Crippen MR) is 107 cm³/mol. The normalized spacial score (nSPS) is 22.9. The lowest BCUT2D eigenvalue weighted by Gasteiger charge is -2.34. The summed E-state index contributed by atoms with van der Waals surface area (Å²) in [5, 5.41) is 3.71. The van der Waals surface area contributed by atoms with Crippen LogP contribution >= 0.6 is 11.8 Å². The third-order valence-corrected chi connectivity index (χ3v) is 5.92. The Hall–Kier alpha value is -1.38. The summed E-state index contributed by atoms with van der Waals surface area (Å²) in [5.41, 5.74) is 1.21. The van der Waals surface area contributed by atoms with Crippen molar-refractivity contribution in [2.45, 2.75) is 38.4 Å². The number of piperidine rings is 1. The molecule has 1 unspecified atom stereocenters. The Bertz CT molecular complexity index is 567. The van der Waals surface area contributed by atoms with Crippen LogP contribution in [0.4, 0.5) is 0 Å². The first-order valence-electron chi connectivity index (χ1n) is 9.72. The van der Waals surface area contributed by atoms with E-state index >= 15 is 0 Å². The van der Waals surface area contributed by atoms with Crippen LogP contribution in [-0.4, -0.2) is 84.5 Å². The number of hydrogen-bond acceptors (Lipinski definition) is 7. The Morgan fingerprint density at radius 1 is 1.37 bits per heavy atom. The number of ether oxygens (including phenoxy) is 1. The first-order valence-corrected chi connectivity index (χ1v) is 10.6. The minimum atomic E-state index is -0.173. The molecule has 0 aromatic carbocycles. The van der Waals surface area contributed by atoms with E-state index in [-0.39, 0.29) is 22.2 Å². The van der Waals surface area contributed by atoms with Crippen molar-refractivity contribution in [2.24, 2.45) is 0 Å². The fourth-order valence-electron chi connectivity index (χ4n) is 3.35. The van der Waals surface area contributed by atoms with Crippen molar-refractivity contribution >= 4 is 28.8 Å². The van der Waals surface area contributed by atoms with Crippen LogP contribution in [0.1, 0.15) is 33.1 Å². The molecular weight excluding hydrogens is 366 g/mol. The van der Waals surface area contributed by atoms with Gasteiger partial charge in [0.2, 0.25) is 5.91 Å². The van der Waals surface area contributed by atoms with E-state index in [0.29, 0.717) is 39.1 Å². The number of rotatable bonds is 8. The van der Waals surface area contributed by atoms with Gasteiger partial charge in [0.1, 0.15) is 0 Å². The lowest BCUT2D eigenvalue weighted by atomic mass is 10.1. The van der Waals surface area contributed by atoms with Crippen LogP contribution in [0.5, 0.6) is 0 Å². The molecule has 0 aliphatic carbocycles. The zero-order valence-electron chi connectivity index (χ0n) is 16.4. The van der Waals surface area contributed by atoms with Crippen molar-refractivity contribution in [2.75, 3.05) is 52.4 Å². The van der Waals surface area contributed by atoms with Gasteiger partial charge in [0.05, 0.1) is 13.2 Å². The molecule has 1 amide bonds.